The number of carbonyl (C=O) groups is 2. The van der Waals surface area contributed by atoms with Gasteiger partial charge in [0.1, 0.15) is 6.04 Å². The van der Waals surface area contributed by atoms with E-state index in [0.29, 0.717) is 18.9 Å². The highest BCUT2D eigenvalue weighted by molar-refractivity contribution is 5.88. The zero-order valence-corrected chi connectivity index (χ0v) is 36.6. The van der Waals surface area contributed by atoms with Crippen LogP contribution >= 0.6 is 0 Å². The fourth-order valence-electron chi connectivity index (χ4n) is 8.57. The molecule has 1 fully saturated rings. The zero-order chi connectivity index (χ0) is 38.5. The van der Waals surface area contributed by atoms with Gasteiger partial charge < -0.3 is 15.1 Å². The first kappa shape index (κ1) is 49.9. The molecule has 0 spiro atoms. The Morgan fingerprint density at radius 3 is 1.23 bits per heavy atom. The predicted octanol–water partition coefficient (Wildman–Crippen LogP) is 14.0. The Morgan fingerprint density at radius 2 is 0.849 bits per heavy atom. The highest BCUT2D eigenvalue weighted by Gasteiger charge is 2.36. The van der Waals surface area contributed by atoms with E-state index < -0.39 is 0 Å². The highest BCUT2D eigenvalue weighted by atomic mass is 16.2. The zero-order valence-electron chi connectivity index (χ0n) is 36.6. The van der Waals surface area contributed by atoms with Crippen LogP contribution in [0.4, 0.5) is 0 Å². The largest absolute Gasteiger partial charge is 0.354 e. The quantitative estimate of drug-likeness (QED) is 0.0638. The molecular weight excluding hydrogens is 651 g/mol. The van der Waals surface area contributed by atoms with Gasteiger partial charge in [0, 0.05) is 26.1 Å². The molecule has 53 heavy (non-hydrogen) atoms. The fourth-order valence-corrected chi connectivity index (χ4v) is 8.57. The van der Waals surface area contributed by atoms with Crippen LogP contribution < -0.4 is 5.32 Å². The van der Waals surface area contributed by atoms with E-state index in [1.165, 1.54) is 199 Å². The van der Waals surface area contributed by atoms with Crippen molar-refractivity contribution >= 4 is 11.8 Å². The van der Waals surface area contributed by atoms with Gasteiger partial charge in [-0.15, -0.1) is 0 Å². The minimum Gasteiger partial charge on any atom is -0.354 e. The lowest BCUT2D eigenvalue weighted by molar-refractivity contribution is -0.143. The maximum atomic E-state index is 13.9. The lowest BCUT2D eigenvalue weighted by atomic mass is 9.82. The number of carbonyl (C=O) groups excluding carboxylic acids is 2. The van der Waals surface area contributed by atoms with Crippen molar-refractivity contribution in [3.63, 3.8) is 0 Å². The van der Waals surface area contributed by atoms with E-state index >= 15 is 0 Å². The molecule has 1 N–H and O–H groups in total. The van der Waals surface area contributed by atoms with Crippen LogP contribution in [0.15, 0.2) is 0 Å². The van der Waals surface area contributed by atoms with E-state index in [0.717, 1.165) is 45.2 Å². The van der Waals surface area contributed by atoms with E-state index in [-0.39, 0.29) is 17.9 Å². The van der Waals surface area contributed by atoms with Crippen LogP contribution in [-0.4, -0.2) is 61.4 Å². The van der Waals surface area contributed by atoms with Crippen LogP contribution in [0.3, 0.4) is 0 Å². The summed E-state index contributed by atoms with van der Waals surface area (Å²) in [7, 11) is 4.15. The molecule has 1 atom stereocenters. The number of rotatable bonds is 39. The van der Waals surface area contributed by atoms with Gasteiger partial charge in [-0.3, -0.25) is 9.59 Å². The number of hydrogen-bond donors (Lipinski definition) is 1. The molecule has 0 aliphatic heterocycles. The molecule has 1 unspecified atom stereocenters. The Morgan fingerprint density at radius 1 is 0.491 bits per heavy atom. The van der Waals surface area contributed by atoms with Gasteiger partial charge in [0.05, 0.1) is 0 Å². The van der Waals surface area contributed by atoms with Gasteiger partial charge >= 0.3 is 0 Å². The summed E-state index contributed by atoms with van der Waals surface area (Å²) in [6.07, 6.45) is 48.0. The Balaban J connectivity index is 2.33. The Hall–Kier alpha value is -1.10. The molecule has 5 nitrogen and oxygen atoms in total. The first-order valence-electron chi connectivity index (χ1n) is 24.2. The van der Waals surface area contributed by atoms with E-state index in [9.17, 15) is 9.59 Å². The molecule has 0 radical (unpaired) electrons. The topological polar surface area (TPSA) is 52.7 Å². The number of nitrogens with one attached hydrogen (secondary N) is 1. The average molecular weight is 746 g/mol. The van der Waals surface area contributed by atoms with Gasteiger partial charge in [-0.25, -0.2) is 0 Å². The highest BCUT2D eigenvalue weighted by Crippen LogP contribution is 2.30. The molecule has 1 aliphatic carbocycles. The monoisotopic (exact) mass is 746 g/mol. The van der Waals surface area contributed by atoms with Crippen LogP contribution in [0, 0.1) is 5.92 Å². The second kappa shape index (κ2) is 37.8. The second-order valence-electron chi connectivity index (χ2n) is 17.5. The Labute approximate surface area is 332 Å². The van der Waals surface area contributed by atoms with Gasteiger partial charge in [-0.1, -0.05) is 219 Å². The van der Waals surface area contributed by atoms with Crippen molar-refractivity contribution < 1.29 is 9.59 Å². The summed E-state index contributed by atoms with van der Waals surface area (Å²) in [5.74, 6) is 0.609. The van der Waals surface area contributed by atoms with Crippen LogP contribution in [0.25, 0.3) is 0 Å². The van der Waals surface area contributed by atoms with E-state index in [1.807, 2.05) is 4.90 Å². The third-order valence-electron chi connectivity index (χ3n) is 12.1. The molecule has 1 aliphatic rings. The molecule has 314 valence electrons. The molecule has 5 heteroatoms. The third kappa shape index (κ3) is 29.8. The molecule has 1 rings (SSSR count). The molecular formula is C48H95N3O2. The minimum atomic E-state index is -0.305. The van der Waals surface area contributed by atoms with E-state index in [4.69, 9.17) is 0 Å². The van der Waals surface area contributed by atoms with Gasteiger partial charge in [-0.05, 0) is 45.7 Å². The van der Waals surface area contributed by atoms with Crippen LogP contribution in [0.5, 0.6) is 0 Å². The van der Waals surface area contributed by atoms with Crippen molar-refractivity contribution in [2.75, 3.05) is 33.7 Å². The van der Waals surface area contributed by atoms with Gasteiger partial charge in [0.25, 0.3) is 0 Å². The summed E-state index contributed by atoms with van der Waals surface area (Å²) in [5, 5.41) is 3.33. The normalized spacial score (nSPS) is 14.2. The lowest BCUT2D eigenvalue weighted by Gasteiger charge is -2.38. The number of unbranched alkanes of at least 4 members (excludes halogenated alkanes) is 29. The Bertz CT molecular complexity index is 796. The molecule has 0 saturated heterocycles. The average Bonchev–Trinajstić information content (AvgIpc) is 3.16. The third-order valence-corrected chi connectivity index (χ3v) is 12.1. The predicted molar refractivity (Wildman–Crippen MR) is 233 cm³/mol. The standard InChI is InChI=1S/C48H95N3O2/c1-5-7-9-11-13-15-17-19-21-23-25-27-29-31-33-38-42-49-48(53)47(45-39-35-34-36-40-45)51(44-43-50(3)4)46(52)41-37-32-30-28-26-24-22-20-18-16-14-12-10-8-6-2/h45,47H,5-44H2,1-4H3,(H,49,53). The maximum Gasteiger partial charge on any atom is 0.243 e. The van der Waals surface area contributed by atoms with Crippen LogP contribution in [-0.2, 0) is 9.59 Å². The maximum absolute atomic E-state index is 13.9. The lowest BCUT2D eigenvalue weighted by Crippen LogP contribution is -2.55. The number of hydrogen-bond acceptors (Lipinski definition) is 3. The molecule has 0 aromatic heterocycles. The van der Waals surface area contributed by atoms with Crippen molar-refractivity contribution in [3.05, 3.63) is 0 Å². The van der Waals surface area contributed by atoms with Crippen molar-refractivity contribution in [1.29, 1.82) is 0 Å². The Kier molecular flexibility index (Phi) is 35.6. The van der Waals surface area contributed by atoms with Crippen LogP contribution in [0.1, 0.15) is 251 Å². The van der Waals surface area contributed by atoms with Crippen molar-refractivity contribution in [1.82, 2.24) is 15.1 Å². The summed E-state index contributed by atoms with van der Waals surface area (Å²) >= 11 is 0. The first-order valence-corrected chi connectivity index (χ1v) is 24.2. The fraction of sp³-hybridized carbons (Fsp3) is 0.958. The summed E-state index contributed by atoms with van der Waals surface area (Å²) < 4.78 is 0. The van der Waals surface area contributed by atoms with Crippen molar-refractivity contribution in [2.45, 2.75) is 257 Å². The first-order chi connectivity index (χ1) is 26.0. The van der Waals surface area contributed by atoms with Gasteiger partial charge in [-0.2, -0.15) is 0 Å². The summed E-state index contributed by atoms with van der Waals surface area (Å²) in [6.45, 7) is 6.79. The van der Waals surface area contributed by atoms with Gasteiger partial charge in [0.2, 0.25) is 11.8 Å². The number of amides is 2. The molecule has 0 aromatic rings. The van der Waals surface area contributed by atoms with Crippen molar-refractivity contribution in [3.8, 4) is 0 Å². The summed E-state index contributed by atoms with van der Waals surface area (Å²) in [4.78, 5) is 31.9. The summed E-state index contributed by atoms with van der Waals surface area (Å²) in [6, 6.07) is -0.305. The van der Waals surface area contributed by atoms with E-state index in [2.05, 4.69) is 38.2 Å². The molecule has 2 amide bonds. The SMILES string of the molecule is CCCCCCCCCCCCCCCCCCNC(=O)C(C1CCCCC1)N(CCN(C)C)C(=O)CCCCCCCCCCCCCCCCC. The smallest absolute Gasteiger partial charge is 0.243 e. The van der Waals surface area contributed by atoms with Gasteiger partial charge in [0.15, 0.2) is 0 Å². The molecule has 1 saturated carbocycles. The van der Waals surface area contributed by atoms with Crippen molar-refractivity contribution in [2.24, 2.45) is 5.92 Å². The van der Waals surface area contributed by atoms with E-state index in [1.54, 1.807) is 0 Å². The molecule has 0 bridgehead atoms. The summed E-state index contributed by atoms with van der Waals surface area (Å²) in [5.41, 5.74) is 0. The number of likely N-dealkylation sites (N-methyl/N-ethyl adjacent to an activating group) is 1. The minimum absolute atomic E-state index is 0.112. The molecule has 0 aromatic carbocycles. The van der Waals surface area contributed by atoms with Crippen LogP contribution in [0.2, 0.25) is 0 Å². The molecule has 0 heterocycles. The second-order valence-corrected chi connectivity index (χ2v) is 17.5. The number of nitrogens with zero attached hydrogens (tertiary/aromatic N) is 2.